The van der Waals surface area contributed by atoms with E-state index >= 15 is 0 Å². The zero-order valence-corrected chi connectivity index (χ0v) is 14.3. The molecule has 3 N–H and O–H groups in total. The van der Waals surface area contributed by atoms with Crippen molar-refractivity contribution in [3.05, 3.63) is 0 Å². The normalized spacial score (nSPS) is 20.5. The summed E-state index contributed by atoms with van der Waals surface area (Å²) in [5.41, 5.74) is 5.61. The summed E-state index contributed by atoms with van der Waals surface area (Å²) in [5, 5.41) is 3.08. The van der Waals surface area contributed by atoms with Crippen LogP contribution in [0.5, 0.6) is 0 Å². The van der Waals surface area contributed by atoms with Gasteiger partial charge in [-0.2, -0.15) is 0 Å². The minimum Gasteiger partial charge on any atom is -0.383 e. The second-order valence-corrected chi connectivity index (χ2v) is 4.70. The lowest BCUT2D eigenvalue weighted by molar-refractivity contribution is -0.0828. The Kier molecular flexibility index (Phi) is 9.67. The van der Waals surface area contributed by atoms with E-state index in [1.165, 1.54) is 0 Å². The van der Waals surface area contributed by atoms with Gasteiger partial charge < -0.3 is 25.3 Å². The lowest BCUT2D eigenvalue weighted by Gasteiger charge is -2.34. The molecule has 19 heavy (non-hydrogen) atoms. The van der Waals surface area contributed by atoms with Crippen molar-refractivity contribution in [1.82, 2.24) is 5.32 Å². The van der Waals surface area contributed by atoms with Gasteiger partial charge in [0.1, 0.15) is 0 Å². The number of ether oxygens (including phenoxy) is 3. The summed E-state index contributed by atoms with van der Waals surface area (Å²) in [4.78, 5) is 4.36. The molecule has 1 heterocycles. The Balaban J connectivity index is 0.00000324. The molecule has 6 nitrogen and oxygen atoms in total. The largest absolute Gasteiger partial charge is 0.383 e. The van der Waals surface area contributed by atoms with Crippen LogP contribution >= 0.6 is 24.0 Å². The monoisotopic (exact) mass is 387 g/mol. The number of nitrogens with zero attached hydrogens (tertiary/aromatic N) is 1. The molecule has 1 saturated heterocycles. The number of halogens is 1. The molecule has 1 rings (SSSR count). The summed E-state index contributed by atoms with van der Waals surface area (Å²) < 4.78 is 16.0. The fourth-order valence-electron chi connectivity index (χ4n) is 1.99. The van der Waals surface area contributed by atoms with Crippen LogP contribution in [0.1, 0.15) is 19.8 Å². The van der Waals surface area contributed by atoms with E-state index in [-0.39, 0.29) is 35.6 Å². The highest BCUT2D eigenvalue weighted by molar-refractivity contribution is 14.0. The Labute approximate surface area is 132 Å². The second-order valence-electron chi connectivity index (χ2n) is 4.70. The van der Waals surface area contributed by atoms with Crippen LogP contribution in [-0.2, 0) is 14.2 Å². The van der Waals surface area contributed by atoms with Gasteiger partial charge in [-0.15, -0.1) is 24.0 Å². The molecule has 1 fully saturated rings. The van der Waals surface area contributed by atoms with Gasteiger partial charge >= 0.3 is 0 Å². The van der Waals surface area contributed by atoms with Crippen molar-refractivity contribution in [2.45, 2.75) is 31.4 Å². The van der Waals surface area contributed by atoms with Crippen LogP contribution < -0.4 is 11.1 Å². The van der Waals surface area contributed by atoms with Crippen molar-refractivity contribution < 1.29 is 14.2 Å². The molecule has 1 atom stereocenters. The van der Waals surface area contributed by atoms with Crippen molar-refractivity contribution in [3.63, 3.8) is 0 Å². The van der Waals surface area contributed by atoms with Crippen LogP contribution in [-0.4, -0.2) is 58.2 Å². The first-order valence-electron chi connectivity index (χ1n) is 6.30. The zero-order chi connectivity index (χ0) is 13.4. The predicted molar refractivity (Wildman–Crippen MR) is 86.2 cm³/mol. The summed E-state index contributed by atoms with van der Waals surface area (Å²) in [6.45, 7) is 4.59. The fraction of sp³-hybridized carbons (Fsp3) is 0.917. The van der Waals surface area contributed by atoms with Gasteiger partial charge in [0.25, 0.3) is 0 Å². The van der Waals surface area contributed by atoms with Gasteiger partial charge in [-0.25, -0.2) is 0 Å². The third-order valence-electron chi connectivity index (χ3n) is 3.19. The van der Waals surface area contributed by atoms with Crippen LogP contribution in [0.4, 0.5) is 0 Å². The van der Waals surface area contributed by atoms with E-state index < -0.39 is 0 Å². The first kappa shape index (κ1) is 18.9. The lowest BCUT2D eigenvalue weighted by Crippen LogP contribution is -2.44. The van der Waals surface area contributed by atoms with Gasteiger partial charge in [-0.3, -0.25) is 4.99 Å². The maximum absolute atomic E-state index is 5.83. The Bertz CT molecular complexity index is 271. The number of hydrogen-bond acceptors (Lipinski definition) is 4. The third-order valence-corrected chi connectivity index (χ3v) is 3.19. The number of guanidine groups is 1. The SMILES string of the molecule is COCC(C)NC(N)=NCC1(OC)CCOCC1.I. The summed E-state index contributed by atoms with van der Waals surface area (Å²) in [7, 11) is 3.38. The Hall–Kier alpha value is -0.120. The van der Waals surface area contributed by atoms with E-state index in [1.54, 1.807) is 14.2 Å². The number of nitrogens with two attached hydrogens (primary N) is 1. The van der Waals surface area contributed by atoms with E-state index in [0.29, 0.717) is 19.1 Å². The highest BCUT2D eigenvalue weighted by Gasteiger charge is 2.32. The van der Waals surface area contributed by atoms with Gasteiger partial charge in [-0.1, -0.05) is 0 Å². The van der Waals surface area contributed by atoms with E-state index in [2.05, 4.69) is 10.3 Å². The van der Waals surface area contributed by atoms with Crippen molar-refractivity contribution >= 4 is 29.9 Å². The average Bonchev–Trinajstić information content (AvgIpc) is 2.38. The molecule has 0 aromatic carbocycles. The number of rotatable bonds is 6. The van der Waals surface area contributed by atoms with Crippen molar-refractivity contribution in [2.75, 3.05) is 40.6 Å². The predicted octanol–water partition coefficient (Wildman–Crippen LogP) is 0.739. The molecule has 0 aliphatic carbocycles. The molecule has 1 unspecified atom stereocenters. The Morgan fingerprint density at radius 1 is 1.42 bits per heavy atom. The summed E-state index contributed by atoms with van der Waals surface area (Å²) >= 11 is 0. The van der Waals surface area contributed by atoms with Gasteiger partial charge in [-0.05, 0) is 6.92 Å². The molecule has 1 aliphatic heterocycles. The zero-order valence-electron chi connectivity index (χ0n) is 12.0. The molecule has 0 amide bonds. The van der Waals surface area contributed by atoms with Crippen LogP contribution in [0.25, 0.3) is 0 Å². The van der Waals surface area contributed by atoms with Gasteiger partial charge in [0.05, 0.1) is 18.8 Å². The van der Waals surface area contributed by atoms with Crippen molar-refractivity contribution in [2.24, 2.45) is 10.7 Å². The van der Waals surface area contributed by atoms with Gasteiger partial charge in [0.2, 0.25) is 0 Å². The van der Waals surface area contributed by atoms with Crippen LogP contribution in [0, 0.1) is 0 Å². The lowest BCUT2D eigenvalue weighted by atomic mass is 9.94. The minimum atomic E-state index is -0.227. The highest BCUT2D eigenvalue weighted by Crippen LogP contribution is 2.24. The number of aliphatic imine (C=N–C) groups is 1. The van der Waals surface area contributed by atoms with E-state index in [1.807, 2.05) is 6.92 Å². The first-order chi connectivity index (χ1) is 8.62. The fourth-order valence-corrected chi connectivity index (χ4v) is 1.99. The molecule has 114 valence electrons. The second kappa shape index (κ2) is 9.73. The van der Waals surface area contributed by atoms with E-state index in [4.69, 9.17) is 19.9 Å². The van der Waals surface area contributed by atoms with Gasteiger partial charge in [0.15, 0.2) is 5.96 Å². The molecular formula is C12H26IN3O3. The Morgan fingerprint density at radius 3 is 2.58 bits per heavy atom. The molecule has 0 aromatic rings. The molecule has 7 heteroatoms. The highest BCUT2D eigenvalue weighted by atomic mass is 127. The number of methoxy groups -OCH3 is 2. The van der Waals surface area contributed by atoms with E-state index in [9.17, 15) is 0 Å². The molecule has 0 bridgehead atoms. The maximum atomic E-state index is 5.83. The molecule has 0 aromatic heterocycles. The maximum Gasteiger partial charge on any atom is 0.188 e. The van der Waals surface area contributed by atoms with Crippen molar-refractivity contribution in [3.8, 4) is 0 Å². The number of hydrogen-bond donors (Lipinski definition) is 2. The smallest absolute Gasteiger partial charge is 0.188 e. The summed E-state index contributed by atoms with van der Waals surface area (Å²) in [5.74, 6) is 0.433. The summed E-state index contributed by atoms with van der Waals surface area (Å²) in [6, 6.07) is 0.145. The first-order valence-corrected chi connectivity index (χ1v) is 6.30. The molecule has 0 spiro atoms. The van der Waals surface area contributed by atoms with Crippen molar-refractivity contribution in [1.29, 1.82) is 0 Å². The third kappa shape index (κ3) is 6.73. The van der Waals surface area contributed by atoms with Crippen LogP contribution in [0.2, 0.25) is 0 Å². The van der Waals surface area contributed by atoms with E-state index in [0.717, 1.165) is 26.1 Å². The summed E-state index contributed by atoms with van der Waals surface area (Å²) in [6.07, 6.45) is 1.71. The minimum absolute atomic E-state index is 0. The standard InChI is InChI=1S/C12H25N3O3.HI/c1-10(8-16-2)15-11(13)14-9-12(17-3)4-6-18-7-5-12;/h10H,4-9H2,1-3H3,(H3,13,14,15);1H. The molecule has 0 radical (unpaired) electrons. The van der Waals surface area contributed by atoms with Crippen LogP contribution in [0.3, 0.4) is 0 Å². The van der Waals surface area contributed by atoms with Gasteiger partial charge in [0, 0.05) is 46.3 Å². The Morgan fingerprint density at radius 2 is 2.05 bits per heavy atom. The molecule has 0 saturated carbocycles. The topological polar surface area (TPSA) is 78.1 Å². The number of nitrogens with one attached hydrogen (secondary N) is 1. The average molecular weight is 387 g/mol. The quantitative estimate of drug-likeness (QED) is 0.399. The van der Waals surface area contributed by atoms with Crippen LogP contribution in [0.15, 0.2) is 4.99 Å². The molecular weight excluding hydrogens is 361 g/mol. The molecule has 1 aliphatic rings.